The lowest BCUT2D eigenvalue weighted by Gasteiger charge is -2.34. The second-order valence-corrected chi connectivity index (χ2v) is 6.63. The van der Waals surface area contributed by atoms with E-state index in [2.05, 4.69) is 19.2 Å². The van der Waals surface area contributed by atoms with E-state index < -0.39 is 0 Å². The molecule has 1 saturated carbocycles. The molecule has 0 aromatic heterocycles. The minimum atomic E-state index is -0.166. The summed E-state index contributed by atoms with van der Waals surface area (Å²) in [4.78, 5) is 0. The second kappa shape index (κ2) is 6.68. The van der Waals surface area contributed by atoms with Crippen LogP contribution in [-0.4, -0.2) is 13.2 Å². The van der Waals surface area contributed by atoms with Crippen molar-refractivity contribution < 1.29 is 9.13 Å². The zero-order valence-electron chi connectivity index (χ0n) is 12.8. The number of hydrogen-bond donors (Lipinski definition) is 1. The van der Waals surface area contributed by atoms with E-state index in [1.165, 1.54) is 18.9 Å². The predicted octanol–water partition coefficient (Wildman–Crippen LogP) is 4.03. The Morgan fingerprint density at radius 1 is 1.30 bits per heavy atom. The largest absolute Gasteiger partial charge is 0.373 e. The second-order valence-electron chi connectivity index (χ2n) is 6.63. The van der Waals surface area contributed by atoms with Gasteiger partial charge in [0.1, 0.15) is 5.82 Å². The lowest BCUT2D eigenvalue weighted by Crippen LogP contribution is -2.26. The Morgan fingerprint density at radius 2 is 2.00 bits per heavy atom. The van der Waals surface area contributed by atoms with E-state index in [4.69, 9.17) is 4.74 Å². The average Bonchev–Trinajstić information content (AvgIpc) is 2.41. The fraction of sp³-hybridized carbons (Fsp3) is 0.647. The predicted molar refractivity (Wildman–Crippen MR) is 80.0 cm³/mol. The van der Waals surface area contributed by atoms with Crippen molar-refractivity contribution in [1.82, 2.24) is 5.32 Å². The van der Waals surface area contributed by atoms with E-state index in [0.717, 1.165) is 24.9 Å². The minimum Gasteiger partial charge on any atom is -0.373 e. The van der Waals surface area contributed by atoms with Gasteiger partial charge in [-0.15, -0.1) is 0 Å². The highest BCUT2D eigenvalue weighted by atomic mass is 19.1. The van der Waals surface area contributed by atoms with Crippen LogP contribution >= 0.6 is 0 Å². The molecular formula is C17H26FNO. The number of rotatable bonds is 5. The number of halogens is 1. The summed E-state index contributed by atoms with van der Waals surface area (Å²) < 4.78 is 19.7. The van der Waals surface area contributed by atoms with Crippen molar-refractivity contribution in [3.05, 3.63) is 35.1 Å². The van der Waals surface area contributed by atoms with Crippen LogP contribution in [-0.2, 0) is 17.9 Å². The lowest BCUT2D eigenvalue weighted by molar-refractivity contribution is -0.00662. The lowest BCUT2D eigenvalue weighted by atomic mass is 9.76. The van der Waals surface area contributed by atoms with Crippen LogP contribution in [0.5, 0.6) is 0 Å². The number of hydrogen-bond acceptors (Lipinski definition) is 2. The van der Waals surface area contributed by atoms with Crippen LogP contribution in [0.4, 0.5) is 4.39 Å². The van der Waals surface area contributed by atoms with Crippen molar-refractivity contribution in [2.75, 3.05) is 7.05 Å². The van der Waals surface area contributed by atoms with Crippen LogP contribution in [0.15, 0.2) is 18.2 Å². The third kappa shape index (κ3) is 4.29. The van der Waals surface area contributed by atoms with E-state index >= 15 is 0 Å². The molecule has 0 spiro atoms. The fourth-order valence-corrected chi connectivity index (χ4v) is 2.80. The van der Waals surface area contributed by atoms with Gasteiger partial charge in [0.2, 0.25) is 0 Å². The van der Waals surface area contributed by atoms with E-state index in [9.17, 15) is 4.39 Å². The van der Waals surface area contributed by atoms with Gasteiger partial charge in [-0.25, -0.2) is 4.39 Å². The maximum Gasteiger partial charge on any atom is 0.128 e. The van der Waals surface area contributed by atoms with Crippen LogP contribution in [0.25, 0.3) is 0 Å². The van der Waals surface area contributed by atoms with Gasteiger partial charge in [-0.05, 0) is 55.8 Å². The van der Waals surface area contributed by atoms with Crippen molar-refractivity contribution in [1.29, 1.82) is 0 Å². The first-order valence-corrected chi connectivity index (χ1v) is 7.54. The molecule has 0 heterocycles. The molecule has 1 fully saturated rings. The highest BCUT2D eigenvalue weighted by molar-refractivity contribution is 5.24. The Labute approximate surface area is 121 Å². The Bertz CT molecular complexity index is 435. The molecule has 0 unspecified atom stereocenters. The van der Waals surface area contributed by atoms with Crippen LogP contribution in [0.3, 0.4) is 0 Å². The first-order chi connectivity index (χ1) is 9.50. The maximum atomic E-state index is 13.8. The Hall–Kier alpha value is -0.930. The quantitative estimate of drug-likeness (QED) is 0.878. The highest BCUT2D eigenvalue weighted by Gasteiger charge is 2.27. The Balaban J connectivity index is 1.89. The van der Waals surface area contributed by atoms with E-state index in [1.807, 2.05) is 19.2 Å². The standard InChI is InChI=1S/C17H26FNO/c1-17(2)8-6-15(7-9-17)20-12-14-10-13(11-19-3)4-5-16(14)18/h4-5,10,15,19H,6-9,11-12H2,1-3H3. The van der Waals surface area contributed by atoms with Gasteiger partial charge < -0.3 is 10.1 Å². The summed E-state index contributed by atoms with van der Waals surface area (Å²) in [5.74, 6) is -0.166. The summed E-state index contributed by atoms with van der Waals surface area (Å²) in [6.07, 6.45) is 4.85. The van der Waals surface area contributed by atoms with Gasteiger partial charge in [0.05, 0.1) is 12.7 Å². The third-order valence-corrected chi connectivity index (χ3v) is 4.25. The van der Waals surface area contributed by atoms with E-state index in [1.54, 1.807) is 0 Å². The summed E-state index contributed by atoms with van der Waals surface area (Å²) in [5.41, 5.74) is 2.21. The SMILES string of the molecule is CNCc1ccc(F)c(COC2CCC(C)(C)CC2)c1. The van der Waals surface area contributed by atoms with E-state index in [-0.39, 0.29) is 11.9 Å². The molecule has 1 aliphatic rings. The minimum absolute atomic E-state index is 0.166. The number of ether oxygens (including phenoxy) is 1. The molecule has 0 atom stereocenters. The van der Waals surface area contributed by atoms with Crippen LogP contribution in [0.1, 0.15) is 50.7 Å². The molecule has 3 heteroatoms. The fourth-order valence-electron chi connectivity index (χ4n) is 2.80. The third-order valence-electron chi connectivity index (χ3n) is 4.25. The summed E-state index contributed by atoms with van der Waals surface area (Å²) in [6.45, 7) is 5.76. The first-order valence-electron chi connectivity index (χ1n) is 7.54. The molecule has 0 amide bonds. The molecule has 0 aliphatic heterocycles. The monoisotopic (exact) mass is 279 g/mol. The van der Waals surface area contributed by atoms with Crippen molar-refractivity contribution in [2.24, 2.45) is 5.41 Å². The van der Waals surface area contributed by atoms with Crippen LogP contribution in [0.2, 0.25) is 0 Å². The zero-order valence-corrected chi connectivity index (χ0v) is 12.8. The van der Waals surface area contributed by atoms with Gasteiger partial charge >= 0.3 is 0 Å². The Kier molecular flexibility index (Phi) is 5.17. The maximum absolute atomic E-state index is 13.8. The van der Waals surface area contributed by atoms with Gasteiger partial charge in [-0.2, -0.15) is 0 Å². The molecule has 1 N–H and O–H groups in total. The van der Waals surface area contributed by atoms with Crippen molar-refractivity contribution in [2.45, 2.75) is 58.8 Å². The van der Waals surface area contributed by atoms with Gasteiger partial charge in [0, 0.05) is 12.1 Å². The van der Waals surface area contributed by atoms with Crippen LogP contribution in [0, 0.1) is 11.2 Å². The van der Waals surface area contributed by atoms with Crippen LogP contribution < -0.4 is 5.32 Å². The summed E-state index contributed by atoms with van der Waals surface area (Å²) in [7, 11) is 1.89. The highest BCUT2D eigenvalue weighted by Crippen LogP contribution is 2.36. The molecule has 2 rings (SSSR count). The molecular weight excluding hydrogens is 253 g/mol. The molecule has 1 aromatic carbocycles. The molecule has 1 aliphatic carbocycles. The average molecular weight is 279 g/mol. The number of nitrogens with one attached hydrogen (secondary N) is 1. The zero-order chi connectivity index (χ0) is 14.6. The summed E-state index contributed by atoms with van der Waals surface area (Å²) in [5, 5.41) is 3.08. The Morgan fingerprint density at radius 3 is 2.65 bits per heavy atom. The summed E-state index contributed by atoms with van der Waals surface area (Å²) >= 11 is 0. The topological polar surface area (TPSA) is 21.3 Å². The molecule has 20 heavy (non-hydrogen) atoms. The molecule has 112 valence electrons. The van der Waals surface area contributed by atoms with Crippen molar-refractivity contribution in [3.63, 3.8) is 0 Å². The number of benzene rings is 1. The van der Waals surface area contributed by atoms with Crippen molar-refractivity contribution >= 4 is 0 Å². The van der Waals surface area contributed by atoms with Crippen molar-refractivity contribution in [3.8, 4) is 0 Å². The molecule has 0 saturated heterocycles. The normalized spacial score (nSPS) is 19.2. The summed E-state index contributed by atoms with van der Waals surface area (Å²) in [6, 6.07) is 5.26. The first kappa shape index (κ1) is 15.5. The van der Waals surface area contributed by atoms with E-state index in [0.29, 0.717) is 17.6 Å². The molecule has 2 nitrogen and oxygen atoms in total. The van der Waals surface area contributed by atoms with Gasteiger partial charge in [-0.3, -0.25) is 0 Å². The van der Waals surface area contributed by atoms with Gasteiger partial charge in [-0.1, -0.05) is 19.9 Å². The van der Waals surface area contributed by atoms with Gasteiger partial charge in [0.25, 0.3) is 0 Å². The molecule has 0 radical (unpaired) electrons. The smallest absolute Gasteiger partial charge is 0.128 e. The van der Waals surface area contributed by atoms with Gasteiger partial charge in [0.15, 0.2) is 0 Å². The molecule has 0 bridgehead atoms. The molecule has 1 aromatic rings.